The minimum atomic E-state index is -0.166. The molecule has 6 rings (SSSR count). The highest BCUT2D eigenvalue weighted by Crippen LogP contribution is 2.45. The SMILES string of the molecule is CCOC(=O)CCCCC1CC(n2c3ccccc3c3ccccc32)c2ccccc2N1C(=O)c1ccc(OC)cc1. The van der Waals surface area contributed by atoms with E-state index in [0.717, 1.165) is 36.9 Å². The highest BCUT2D eigenvalue weighted by Gasteiger charge is 2.37. The second kappa shape index (κ2) is 12.1. The van der Waals surface area contributed by atoms with Crippen LogP contribution in [0.25, 0.3) is 21.8 Å². The second-order valence-electron chi connectivity index (χ2n) is 10.8. The minimum absolute atomic E-state index is 0.0267. The van der Waals surface area contributed by atoms with Crippen molar-refractivity contribution in [1.82, 2.24) is 4.57 Å². The lowest BCUT2D eigenvalue weighted by Gasteiger charge is -2.42. The van der Waals surface area contributed by atoms with Gasteiger partial charge in [0.25, 0.3) is 5.91 Å². The Bertz CT molecular complexity index is 1670. The minimum Gasteiger partial charge on any atom is -0.497 e. The number of unbranched alkanes of at least 4 members (excludes halogenated alkanes) is 1. The summed E-state index contributed by atoms with van der Waals surface area (Å²) in [6.07, 6.45) is 3.48. The molecule has 1 aromatic heterocycles. The van der Waals surface area contributed by atoms with Crippen molar-refractivity contribution in [2.24, 2.45) is 0 Å². The Morgan fingerprint density at radius 3 is 2.12 bits per heavy atom. The number of hydrogen-bond donors (Lipinski definition) is 0. The summed E-state index contributed by atoms with van der Waals surface area (Å²) < 4.78 is 12.9. The van der Waals surface area contributed by atoms with E-state index in [1.165, 1.54) is 21.8 Å². The first-order valence-electron chi connectivity index (χ1n) is 14.8. The summed E-state index contributed by atoms with van der Waals surface area (Å²) in [5.74, 6) is 0.523. The number of ether oxygens (including phenoxy) is 2. The Morgan fingerprint density at radius 1 is 0.810 bits per heavy atom. The molecule has 2 heterocycles. The molecule has 6 nitrogen and oxygen atoms in total. The van der Waals surface area contributed by atoms with Gasteiger partial charge in [-0.25, -0.2) is 0 Å². The summed E-state index contributed by atoms with van der Waals surface area (Å²) in [6.45, 7) is 2.22. The highest BCUT2D eigenvalue weighted by molar-refractivity contribution is 6.09. The van der Waals surface area contributed by atoms with E-state index >= 15 is 0 Å². The lowest BCUT2D eigenvalue weighted by molar-refractivity contribution is -0.143. The number of anilines is 1. The molecule has 0 radical (unpaired) electrons. The third-order valence-electron chi connectivity index (χ3n) is 8.37. The molecule has 0 saturated heterocycles. The van der Waals surface area contributed by atoms with E-state index in [4.69, 9.17) is 9.47 Å². The third kappa shape index (κ3) is 5.13. The van der Waals surface area contributed by atoms with Crippen molar-refractivity contribution in [3.63, 3.8) is 0 Å². The highest BCUT2D eigenvalue weighted by atomic mass is 16.5. The van der Waals surface area contributed by atoms with Gasteiger partial charge in [0.1, 0.15) is 5.75 Å². The summed E-state index contributed by atoms with van der Waals surface area (Å²) in [5, 5.41) is 2.46. The van der Waals surface area contributed by atoms with Crippen LogP contribution in [-0.2, 0) is 9.53 Å². The number of nitrogens with zero attached hydrogens (tertiary/aromatic N) is 2. The van der Waals surface area contributed by atoms with E-state index in [0.29, 0.717) is 24.3 Å². The molecule has 5 aromatic rings. The molecule has 0 saturated carbocycles. The zero-order chi connectivity index (χ0) is 29.1. The normalized spacial score (nSPS) is 16.4. The average molecular weight is 561 g/mol. The van der Waals surface area contributed by atoms with Gasteiger partial charge in [0.2, 0.25) is 0 Å². The predicted octanol–water partition coefficient (Wildman–Crippen LogP) is 7.94. The van der Waals surface area contributed by atoms with E-state index in [1.54, 1.807) is 7.11 Å². The molecule has 2 unspecified atom stereocenters. The number of aromatic nitrogens is 1. The molecule has 2 atom stereocenters. The maximum Gasteiger partial charge on any atom is 0.305 e. The first-order valence-corrected chi connectivity index (χ1v) is 14.8. The number of hydrogen-bond acceptors (Lipinski definition) is 4. The summed E-state index contributed by atoms with van der Waals surface area (Å²) in [6, 6.07) is 32.8. The Labute approximate surface area is 246 Å². The fraction of sp³-hybridized carbons (Fsp3) is 0.278. The molecule has 1 amide bonds. The molecule has 0 aliphatic carbocycles. The Kier molecular flexibility index (Phi) is 7.95. The molecular weight excluding hydrogens is 524 g/mol. The molecular formula is C36H36N2O4. The van der Waals surface area contributed by atoms with Crippen molar-refractivity contribution in [3.8, 4) is 5.75 Å². The maximum absolute atomic E-state index is 14.2. The van der Waals surface area contributed by atoms with E-state index in [-0.39, 0.29) is 24.0 Å². The van der Waals surface area contributed by atoms with Gasteiger partial charge in [0, 0.05) is 45.5 Å². The van der Waals surface area contributed by atoms with E-state index in [9.17, 15) is 9.59 Å². The molecule has 42 heavy (non-hydrogen) atoms. The third-order valence-corrected chi connectivity index (χ3v) is 8.37. The quantitative estimate of drug-likeness (QED) is 0.136. The van der Waals surface area contributed by atoms with E-state index < -0.39 is 0 Å². The number of methoxy groups -OCH3 is 1. The standard InChI is InChI=1S/C36H36N2O4/c1-3-42-35(39)19-11-4-12-26-24-34(38-31-16-8-5-13-28(31)29-14-6-9-17-32(29)38)30-15-7-10-18-33(30)37(26)36(40)25-20-22-27(41-2)23-21-25/h5-10,13-18,20-23,26,34H,3-4,11-12,19,24H2,1-2H3. The van der Waals surface area contributed by atoms with Gasteiger partial charge < -0.3 is 18.9 Å². The van der Waals surface area contributed by atoms with Crippen molar-refractivity contribution in [2.45, 2.75) is 51.1 Å². The number of para-hydroxylation sites is 3. The molecule has 6 heteroatoms. The number of esters is 1. The molecule has 0 bridgehead atoms. The number of rotatable bonds is 9. The van der Waals surface area contributed by atoms with Crippen LogP contribution >= 0.6 is 0 Å². The largest absolute Gasteiger partial charge is 0.497 e. The van der Waals surface area contributed by atoms with Crippen LogP contribution < -0.4 is 9.64 Å². The van der Waals surface area contributed by atoms with Crippen molar-refractivity contribution in [3.05, 3.63) is 108 Å². The fourth-order valence-electron chi connectivity index (χ4n) is 6.49. The average Bonchev–Trinajstić information content (AvgIpc) is 3.37. The first kappa shape index (κ1) is 27.6. The molecule has 4 aromatic carbocycles. The topological polar surface area (TPSA) is 60.8 Å². The molecule has 0 spiro atoms. The van der Waals surface area contributed by atoms with Crippen molar-refractivity contribution >= 4 is 39.4 Å². The van der Waals surface area contributed by atoms with Crippen LogP contribution in [-0.4, -0.2) is 36.2 Å². The van der Waals surface area contributed by atoms with Crippen LogP contribution in [0.4, 0.5) is 5.69 Å². The van der Waals surface area contributed by atoms with Gasteiger partial charge in [-0.15, -0.1) is 0 Å². The zero-order valence-corrected chi connectivity index (χ0v) is 24.2. The van der Waals surface area contributed by atoms with Crippen LogP contribution in [0.3, 0.4) is 0 Å². The molecule has 1 aliphatic rings. The monoisotopic (exact) mass is 560 g/mol. The molecule has 0 N–H and O–H groups in total. The number of amides is 1. The summed E-state index contributed by atoms with van der Waals surface area (Å²) in [7, 11) is 1.62. The Hall–Kier alpha value is -4.58. The summed E-state index contributed by atoms with van der Waals surface area (Å²) >= 11 is 0. The van der Waals surface area contributed by atoms with Gasteiger partial charge in [-0.3, -0.25) is 9.59 Å². The smallest absolute Gasteiger partial charge is 0.305 e. The van der Waals surface area contributed by atoms with Crippen molar-refractivity contribution in [1.29, 1.82) is 0 Å². The van der Waals surface area contributed by atoms with Crippen LogP contribution in [0.15, 0.2) is 97.1 Å². The number of carbonyl (C=O) groups excluding carboxylic acids is 2. The Morgan fingerprint density at radius 2 is 1.45 bits per heavy atom. The van der Waals surface area contributed by atoms with Gasteiger partial charge in [-0.05, 0) is 74.2 Å². The number of fused-ring (bicyclic) bond motifs is 4. The number of carbonyl (C=O) groups is 2. The van der Waals surface area contributed by atoms with Crippen molar-refractivity contribution in [2.75, 3.05) is 18.6 Å². The maximum atomic E-state index is 14.2. The summed E-state index contributed by atoms with van der Waals surface area (Å²) in [4.78, 5) is 28.2. The van der Waals surface area contributed by atoms with E-state index in [2.05, 4.69) is 71.3 Å². The Balaban J connectivity index is 1.43. The van der Waals surface area contributed by atoms with Gasteiger partial charge >= 0.3 is 5.97 Å². The zero-order valence-electron chi connectivity index (χ0n) is 24.2. The van der Waals surface area contributed by atoms with Crippen LogP contribution in [0, 0.1) is 0 Å². The fourth-order valence-corrected chi connectivity index (χ4v) is 6.49. The molecule has 0 fully saturated rings. The molecule has 214 valence electrons. The lowest BCUT2D eigenvalue weighted by Crippen LogP contribution is -2.46. The van der Waals surface area contributed by atoms with Crippen molar-refractivity contribution < 1.29 is 19.1 Å². The lowest BCUT2D eigenvalue weighted by atomic mass is 9.87. The van der Waals surface area contributed by atoms with Gasteiger partial charge in [-0.1, -0.05) is 61.0 Å². The predicted molar refractivity (Wildman–Crippen MR) is 167 cm³/mol. The first-order chi connectivity index (χ1) is 20.6. The van der Waals surface area contributed by atoms with Crippen LogP contribution in [0.1, 0.15) is 61.0 Å². The molecule has 1 aliphatic heterocycles. The second-order valence-corrected chi connectivity index (χ2v) is 10.8. The van der Waals surface area contributed by atoms with Gasteiger partial charge in [0.15, 0.2) is 0 Å². The van der Waals surface area contributed by atoms with Crippen LogP contribution in [0.2, 0.25) is 0 Å². The summed E-state index contributed by atoms with van der Waals surface area (Å²) in [5.41, 5.74) is 5.07. The van der Waals surface area contributed by atoms with Crippen LogP contribution in [0.5, 0.6) is 5.75 Å². The van der Waals surface area contributed by atoms with Gasteiger partial charge in [-0.2, -0.15) is 0 Å². The van der Waals surface area contributed by atoms with Gasteiger partial charge in [0.05, 0.1) is 19.8 Å². The van der Waals surface area contributed by atoms with E-state index in [1.807, 2.05) is 42.2 Å². The number of benzene rings is 4.